The van der Waals surface area contributed by atoms with Gasteiger partial charge in [0.25, 0.3) is 15.9 Å². The van der Waals surface area contributed by atoms with Gasteiger partial charge in [-0.2, -0.15) is 0 Å². The van der Waals surface area contributed by atoms with Crippen LogP contribution < -0.4 is 20.7 Å². The zero-order valence-corrected chi connectivity index (χ0v) is 36.5. The number of sulfonamides is 1. The van der Waals surface area contributed by atoms with Crippen LogP contribution in [0.3, 0.4) is 0 Å². The number of hydrogen-bond acceptors (Lipinski definition) is 12. The first-order chi connectivity index (χ1) is 30.3. The van der Waals surface area contributed by atoms with Gasteiger partial charge < -0.3 is 40.0 Å². The Morgan fingerprint density at radius 1 is 0.968 bits per heavy atom. The van der Waals surface area contributed by atoms with Crippen molar-refractivity contribution in [1.29, 1.82) is 0 Å². The van der Waals surface area contributed by atoms with Crippen LogP contribution in [0, 0.1) is 11.7 Å². The maximum Gasteiger partial charge on any atom is 0.410 e. The highest BCUT2D eigenvalue weighted by Crippen LogP contribution is 2.45. The first-order valence-electron chi connectivity index (χ1n) is 21.9. The quantitative estimate of drug-likeness (QED) is 0.294. The molecule has 4 N–H and O–H groups in total. The number of alkyl carbamates (subject to hydrolysis) is 1. The van der Waals surface area contributed by atoms with E-state index in [1.54, 1.807) is 37.4 Å². The minimum Gasteiger partial charge on any atom is -0.446 e. The van der Waals surface area contributed by atoms with E-state index in [1.807, 2.05) is 0 Å². The summed E-state index contributed by atoms with van der Waals surface area (Å²) in [5.41, 5.74) is -0.383. The highest BCUT2D eigenvalue weighted by atomic mass is 32.2. The number of carbonyl (C=O) groups excluding carboxylic acids is 5. The number of halogens is 1. The molecule has 1 spiro atoms. The normalized spacial score (nSPS) is 27.2. The molecule has 3 fully saturated rings. The molecule has 2 aromatic carbocycles. The van der Waals surface area contributed by atoms with Gasteiger partial charge in [-0.1, -0.05) is 56.0 Å². The topological polar surface area (TPSA) is 205 Å². The van der Waals surface area contributed by atoms with E-state index < -0.39 is 75.4 Å². The van der Waals surface area contributed by atoms with Gasteiger partial charge >= 0.3 is 12.2 Å². The molecular weight excluding hydrogens is 838 g/mol. The number of rotatable bonds is 7. The second-order valence-electron chi connectivity index (χ2n) is 17.0. The number of amides is 5. The maximum atomic E-state index is 14.7. The third-order valence-electron chi connectivity index (χ3n) is 12.7. The van der Waals surface area contributed by atoms with E-state index in [4.69, 9.17) is 14.2 Å². The molecule has 342 valence electrons. The molecule has 5 atom stereocenters. The van der Waals surface area contributed by atoms with Gasteiger partial charge in [-0.25, -0.2) is 27.1 Å². The molecule has 7 rings (SSSR count). The van der Waals surface area contributed by atoms with E-state index in [0.717, 1.165) is 19.4 Å². The zero-order chi connectivity index (χ0) is 44.7. The molecule has 63 heavy (non-hydrogen) atoms. The molecule has 0 radical (unpaired) electrons. The van der Waals surface area contributed by atoms with Crippen LogP contribution in [-0.4, -0.2) is 129 Å². The minimum atomic E-state index is -4.43. The number of fused-ring (bicyclic) bond motifs is 3. The van der Waals surface area contributed by atoms with Crippen molar-refractivity contribution in [2.45, 2.75) is 112 Å². The van der Waals surface area contributed by atoms with E-state index in [9.17, 15) is 36.8 Å². The standard InChI is InChI=1S/C44H58FN7O10S/c1-3-30-25-44(30)41(55)49-63(58,59)38-16-9-8-14-35(38)46-19-10-6-4-5-7-15-36(47-42(56)61-31-17-20-50(21-18-31)22-23-60-2)40(54)52-27-32(24-37(52)39(53)48-44)62-43(57)51-26-29-12-11-13-34(45)33(29)28-51/h3,8-9,11-14,16,30-32,36-37,46H,1,4-7,10,15,17-28H2,2H3,(H,47,56)(H,48,53)(H,49,55)/t30-,32-,36+,37+,44-/m1/s1. The van der Waals surface area contributed by atoms with Gasteiger partial charge in [0, 0.05) is 57.7 Å². The van der Waals surface area contributed by atoms with Crippen molar-refractivity contribution in [2.75, 3.05) is 51.8 Å². The fraction of sp³-hybridized carbons (Fsp3) is 0.568. The molecule has 5 aliphatic rings. The van der Waals surface area contributed by atoms with E-state index >= 15 is 0 Å². The molecule has 0 aromatic heterocycles. The Morgan fingerprint density at radius 3 is 2.48 bits per heavy atom. The Balaban J connectivity index is 1.13. The van der Waals surface area contributed by atoms with Gasteiger partial charge in [-0.15, -0.1) is 6.58 Å². The van der Waals surface area contributed by atoms with Crippen molar-refractivity contribution >= 4 is 45.6 Å². The summed E-state index contributed by atoms with van der Waals surface area (Å²) in [6.45, 7) is 6.90. The first kappa shape index (κ1) is 45.7. The minimum absolute atomic E-state index is 0.0234. The van der Waals surface area contributed by atoms with Crippen LogP contribution in [0.2, 0.25) is 0 Å². The Kier molecular flexibility index (Phi) is 14.6. The SMILES string of the molecule is C=C[C@@H]1C[C@@]12NC(=O)[C@@H]1C[C@@H](OC(=O)N3Cc4cccc(F)c4C3)CN1C(=O)[C@@H](NC(=O)OC1CCN(CCOC)CC1)CCCCCCCNc1ccccc1S(=O)(=O)NC2=O. The van der Waals surface area contributed by atoms with Gasteiger partial charge in [-0.3, -0.25) is 19.3 Å². The van der Waals surface area contributed by atoms with Crippen molar-refractivity contribution in [2.24, 2.45) is 5.92 Å². The van der Waals surface area contributed by atoms with Crippen LogP contribution in [0.4, 0.5) is 19.7 Å². The van der Waals surface area contributed by atoms with Crippen LogP contribution in [0.5, 0.6) is 0 Å². The number of carbonyl (C=O) groups is 5. The Morgan fingerprint density at radius 2 is 1.73 bits per heavy atom. The highest BCUT2D eigenvalue weighted by Gasteiger charge is 2.61. The van der Waals surface area contributed by atoms with Crippen molar-refractivity contribution in [1.82, 2.24) is 30.1 Å². The van der Waals surface area contributed by atoms with E-state index in [2.05, 4.69) is 32.2 Å². The van der Waals surface area contributed by atoms with E-state index in [0.29, 0.717) is 75.2 Å². The fourth-order valence-electron chi connectivity index (χ4n) is 9.04. The van der Waals surface area contributed by atoms with Crippen molar-refractivity contribution < 1.29 is 51.0 Å². The van der Waals surface area contributed by atoms with Crippen LogP contribution >= 0.6 is 0 Å². The molecule has 17 nitrogen and oxygen atoms in total. The maximum absolute atomic E-state index is 14.7. The Hall–Kier alpha value is -5.27. The average molecular weight is 896 g/mol. The van der Waals surface area contributed by atoms with E-state index in [1.165, 1.54) is 28.0 Å². The molecule has 1 aliphatic carbocycles. The number of likely N-dealkylation sites (tertiary alicyclic amines) is 1. The lowest BCUT2D eigenvalue weighted by Crippen LogP contribution is -2.58. The Bertz CT molecular complexity index is 2150. The van der Waals surface area contributed by atoms with Crippen LogP contribution in [-0.2, 0) is 51.7 Å². The first-order valence-corrected chi connectivity index (χ1v) is 23.4. The summed E-state index contributed by atoms with van der Waals surface area (Å²) in [4.78, 5) is 75.0. The smallest absolute Gasteiger partial charge is 0.410 e. The van der Waals surface area contributed by atoms with Gasteiger partial charge in [0.05, 0.1) is 25.4 Å². The molecule has 0 unspecified atom stereocenters. The zero-order valence-electron chi connectivity index (χ0n) is 35.7. The van der Waals surface area contributed by atoms with Crippen LogP contribution in [0.15, 0.2) is 60.0 Å². The summed E-state index contributed by atoms with van der Waals surface area (Å²) >= 11 is 0. The van der Waals surface area contributed by atoms with Crippen LogP contribution in [0.25, 0.3) is 0 Å². The Labute approximate surface area is 367 Å². The summed E-state index contributed by atoms with van der Waals surface area (Å²) in [6, 6.07) is 8.43. The number of methoxy groups -OCH3 is 1. The molecule has 19 heteroatoms. The van der Waals surface area contributed by atoms with Crippen molar-refractivity contribution in [3.8, 4) is 0 Å². The number of anilines is 1. The van der Waals surface area contributed by atoms with Gasteiger partial charge in [0.15, 0.2) is 0 Å². The van der Waals surface area contributed by atoms with Gasteiger partial charge in [0.2, 0.25) is 11.8 Å². The lowest BCUT2D eigenvalue weighted by atomic mass is 10.0. The van der Waals surface area contributed by atoms with Crippen LogP contribution in [0.1, 0.15) is 75.3 Å². The fourth-order valence-corrected chi connectivity index (χ4v) is 10.3. The average Bonchev–Trinajstić information content (AvgIpc) is 3.55. The van der Waals surface area contributed by atoms with Gasteiger partial charge in [0.1, 0.15) is 40.5 Å². The molecule has 2 aromatic rings. The summed E-state index contributed by atoms with van der Waals surface area (Å²) in [6.07, 6.45) is 3.39. The molecule has 5 amide bonds. The highest BCUT2D eigenvalue weighted by molar-refractivity contribution is 7.90. The predicted octanol–water partition coefficient (Wildman–Crippen LogP) is 3.79. The summed E-state index contributed by atoms with van der Waals surface area (Å²) in [7, 11) is -2.79. The molecule has 1 saturated carbocycles. The summed E-state index contributed by atoms with van der Waals surface area (Å²) in [5.74, 6) is -3.46. The largest absolute Gasteiger partial charge is 0.446 e. The molecule has 4 aliphatic heterocycles. The number of ether oxygens (including phenoxy) is 3. The summed E-state index contributed by atoms with van der Waals surface area (Å²) in [5, 5.41) is 8.72. The number of para-hydroxylation sites is 1. The number of nitrogens with one attached hydrogen (secondary N) is 4. The second kappa shape index (κ2) is 20.1. The third-order valence-corrected chi connectivity index (χ3v) is 14.1. The molecule has 2 saturated heterocycles. The lowest BCUT2D eigenvalue weighted by Gasteiger charge is -2.32. The van der Waals surface area contributed by atoms with E-state index in [-0.39, 0.29) is 49.9 Å². The van der Waals surface area contributed by atoms with Crippen molar-refractivity contribution in [3.05, 3.63) is 72.1 Å². The monoisotopic (exact) mass is 895 g/mol. The van der Waals surface area contributed by atoms with Crippen molar-refractivity contribution in [3.63, 3.8) is 0 Å². The second-order valence-corrected chi connectivity index (χ2v) is 18.7. The lowest BCUT2D eigenvalue weighted by molar-refractivity contribution is -0.141. The van der Waals surface area contributed by atoms with Gasteiger partial charge in [-0.05, 0) is 55.9 Å². The number of hydrogen-bond donors (Lipinski definition) is 4. The molecular formula is C44H58FN7O10S. The number of piperidine rings is 1. The third kappa shape index (κ3) is 10.7. The predicted molar refractivity (Wildman–Crippen MR) is 228 cm³/mol. The molecule has 0 bridgehead atoms. The molecule has 4 heterocycles. The summed E-state index contributed by atoms with van der Waals surface area (Å²) < 4.78 is 61.2. The number of benzene rings is 2. The number of nitrogens with zero attached hydrogens (tertiary/aromatic N) is 3.